The molecule has 8 nitrogen and oxygen atoms in total. The van der Waals surface area contributed by atoms with Gasteiger partial charge in [-0.2, -0.15) is 4.31 Å². The van der Waals surface area contributed by atoms with Crippen LogP contribution in [-0.4, -0.2) is 65.2 Å². The maximum absolute atomic E-state index is 12.6. The fourth-order valence-electron chi connectivity index (χ4n) is 2.91. The molecule has 1 fully saturated rings. The maximum atomic E-state index is 12.6. The Bertz CT molecular complexity index is 1050. The minimum absolute atomic E-state index is 0.141. The van der Waals surface area contributed by atoms with E-state index in [1.54, 1.807) is 19.2 Å². The lowest BCUT2D eigenvalue weighted by Crippen LogP contribution is -2.40. The van der Waals surface area contributed by atoms with Gasteiger partial charge in [-0.1, -0.05) is 24.0 Å². The van der Waals surface area contributed by atoms with Gasteiger partial charge in [0.05, 0.1) is 31.8 Å². The van der Waals surface area contributed by atoms with E-state index in [1.165, 1.54) is 28.6 Å². The molecule has 1 aliphatic rings. The van der Waals surface area contributed by atoms with E-state index in [1.807, 2.05) is 12.1 Å². The Morgan fingerprint density at radius 2 is 1.74 bits per heavy atom. The molecule has 2 aromatic rings. The highest BCUT2D eigenvalue weighted by Crippen LogP contribution is 2.25. The smallest absolute Gasteiger partial charge is 0.252 e. The van der Waals surface area contributed by atoms with E-state index < -0.39 is 10.0 Å². The lowest BCUT2D eigenvalue weighted by molar-refractivity contribution is 0.0730. The minimum atomic E-state index is -3.58. The monoisotopic (exact) mass is 444 g/mol. The standard InChI is InChI=1S/C22H24N2O6S/c1-28-20-6-2-3-7-21(20)30-15-5-4-12-23-22(25)18-8-10-19(11-9-18)31(26,27)24-13-16-29-17-14-24/h2-3,6-11H,12-17H2,1H3,(H,23,25). The van der Waals surface area contributed by atoms with Crippen LogP contribution >= 0.6 is 0 Å². The summed E-state index contributed by atoms with van der Waals surface area (Å²) in [6.07, 6.45) is 0. The Morgan fingerprint density at radius 1 is 1.06 bits per heavy atom. The van der Waals surface area contributed by atoms with Gasteiger partial charge in [0.1, 0.15) is 6.61 Å². The van der Waals surface area contributed by atoms with Crippen molar-refractivity contribution in [2.75, 3.05) is 46.6 Å². The van der Waals surface area contributed by atoms with Crippen LogP contribution in [0.1, 0.15) is 10.4 Å². The first-order chi connectivity index (χ1) is 15.0. The van der Waals surface area contributed by atoms with Crippen molar-refractivity contribution in [1.82, 2.24) is 9.62 Å². The molecule has 1 N–H and O–H groups in total. The van der Waals surface area contributed by atoms with E-state index in [2.05, 4.69) is 17.2 Å². The molecule has 1 amide bonds. The molecule has 0 radical (unpaired) electrons. The number of hydrogen-bond donors (Lipinski definition) is 1. The summed E-state index contributed by atoms with van der Waals surface area (Å²) in [7, 11) is -2.02. The van der Waals surface area contributed by atoms with Gasteiger partial charge in [0.15, 0.2) is 11.5 Å². The molecule has 1 heterocycles. The van der Waals surface area contributed by atoms with Crippen molar-refractivity contribution < 1.29 is 27.4 Å². The number of sulfonamides is 1. The lowest BCUT2D eigenvalue weighted by Gasteiger charge is -2.26. The van der Waals surface area contributed by atoms with Gasteiger partial charge in [-0.15, -0.1) is 0 Å². The van der Waals surface area contributed by atoms with Crippen LogP contribution in [0.3, 0.4) is 0 Å². The zero-order valence-corrected chi connectivity index (χ0v) is 18.0. The Morgan fingerprint density at radius 3 is 2.42 bits per heavy atom. The molecule has 1 aliphatic heterocycles. The van der Waals surface area contributed by atoms with Crippen LogP contribution in [0.2, 0.25) is 0 Å². The number of benzene rings is 2. The zero-order valence-electron chi connectivity index (χ0n) is 17.2. The molecule has 1 saturated heterocycles. The van der Waals surface area contributed by atoms with Gasteiger partial charge >= 0.3 is 0 Å². The lowest BCUT2D eigenvalue weighted by atomic mass is 10.2. The molecular weight excluding hydrogens is 420 g/mol. The van der Waals surface area contributed by atoms with Crippen molar-refractivity contribution >= 4 is 15.9 Å². The predicted octanol–water partition coefficient (Wildman–Crippen LogP) is 1.53. The van der Waals surface area contributed by atoms with Crippen molar-refractivity contribution in [1.29, 1.82) is 0 Å². The number of ether oxygens (including phenoxy) is 3. The van der Waals surface area contributed by atoms with Crippen molar-refractivity contribution in [2.45, 2.75) is 4.90 Å². The van der Waals surface area contributed by atoms with E-state index in [-0.39, 0.29) is 24.0 Å². The number of para-hydroxylation sites is 2. The van der Waals surface area contributed by atoms with Gasteiger partial charge in [-0.05, 0) is 36.4 Å². The number of morpholine rings is 1. The van der Waals surface area contributed by atoms with Crippen LogP contribution in [0.25, 0.3) is 0 Å². The summed E-state index contributed by atoms with van der Waals surface area (Å²) < 4.78 is 42.5. The summed E-state index contributed by atoms with van der Waals surface area (Å²) >= 11 is 0. The fraction of sp³-hybridized carbons (Fsp3) is 0.318. The Hall–Kier alpha value is -3.06. The first-order valence-corrected chi connectivity index (χ1v) is 11.1. The normalized spacial score (nSPS) is 14.2. The fourth-order valence-corrected chi connectivity index (χ4v) is 4.31. The minimum Gasteiger partial charge on any atom is -0.493 e. The second kappa shape index (κ2) is 10.8. The van der Waals surface area contributed by atoms with Crippen molar-refractivity contribution in [3.63, 3.8) is 0 Å². The second-order valence-electron chi connectivity index (χ2n) is 6.52. The Kier molecular flexibility index (Phi) is 7.89. The van der Waals surface area contributed by atoms with Crippen LogP contribution in [0.5, 0.6) is 11.5 Å². The van der Waals surface area contributed by atoms with E-state index in [4.69, 9.17) is 14.2 Å². The van der Waals surface area contributed by atoms with Gasteiger partial charge in [-0.3, -0.25) is 4.79 Å². The van der Waals surface area contributed by atoms with Crippen LogP contribution < -0.4 is 14.8 Å². The van der Waals surface area contributed by atoms with Crippen molar-refractivity contribution in [2.24, 2.45) is 0 Å². The first kappa shape index (κ1) is 22.6. The molecule has 9 heteroatoms. The molecular formula is C22H24N2O6S. The van der Waals surface area contributed by atoms with Gasteiger partial charge in [0.25, 0.3) is 5.91 Å². The number of carbonyl (C=O) groups excluding carboxylic acids is 1. The van der Waals surface area contributed by atoms with Crippen LogP contribution in [-0.2, 0) is 14.8 Å². The topological polar surface area (TPSA) is 94.2 Å². The van der Waals surface area contributed by atoms with Gasteiger partial charge in [0, 0.05) is 18.7 Å². The summed E-state index contributed by atoms with van der Waals surface area (Å²) in [6.45, 7) is 1.70. The summed E-state index contributed by atoms with van der Waals surface area (Å²) in [5, 5.41) is 2.67. The number of nitrogens with one attached hydrogen (secondary N) is 1. The van der Waals surface area contributed by atoms with Crippen molar-refractivity contribution in [3.8, 4) is 23.3 Å². The van der Waals surface area contributed by atoms with E-state index in [0.717, 1.165) is 0 Å². The highest BCUT2D eigenvalue weighted by molar-refractivity contribution is 7.89. The third-order valence-electron chi connectivity index (χ3n) is 4.56. The molecule has 164 valence electrons. The molecule has 0 atom stereocenters. The summed E-state index contributed by atoms with van der Waals surface area (Å²) in [6, 6.07) is 13.1. The largest absolute Gasteiger partial charge is 0.493 e. The molecule has 0 bridgehead atoms. The molecule has 0 aliphatic carbocycles. The number of rotatable bonds is 7. The maximum Gasteiger partial charge on any atom is 0.252 e. The molecule has 0 unspecified atom stereocenters. The average molecular weight is 445 g/mol. The number of methoxy groups -OCH3 is 1. The Balaban J connectivity index is 1.48. The zero-order chi connectivity index (χ0) is 22.1. The summed E-state index contributed by atoms with van der Waals surface area (Å²) in [5.74, 6) is 6.51. The van der Waals surface area contributed by atoms with Crippen LogP contribution in [0.15, 0.2) is 53.4 Å². The molecule has 31 heavy (non-hydrogen) atoms. The third kappa shape index (κ3) is 5.98. The van der Waals surface area contributed by atoms with Crippen LogP contribution in [0.4, 0.5) is 0 Å². The summed E-state index contributed by atoms with van der Waals surface area (Å²) in [5.41, 5.74) is 0.355. The number of hydrogen-bond acceptors (Lipinski definition) is 6. The predicted molar refractivity (Wildman–Crippen MR) is 115 cm³/mol. The van der Waals surface area contributed by atoms with E-state index >= 15 is 0 Å². The Labute approximate surface area is 182 Å². The molecule has 2 aromatic carbocycles. The third-order valence-corrected chi connectivity index (χ3v) is 6.47. The van der Waals surface area contributed by atoms with Gasteiger partial charge in [0.2, 0.25) is 10.0 Å². The molecule has 3 rings (SSSR count). The van der Waals surface area contributed by atoms with Gasteiger partial charge in [-0.25, -0.2) is 8.42 Å². The first-order valence-electron chi connectivity index (χ1n) is 9.70. The highest BCUT2D eigenvalue weighted by atomic mass is 32.2. The molecule has 0 aromatic heterocycles. The number of nitrogens with zero attached hydrogens (tertiary/aromatic N) is 1. The SMILES string of the molecule is COc1ccccc1OCC#CCNC(=O)c1ccc(S(=O)(=O)N2CCOCC2)cc1. The number of carbonyl (C=O) groups is 1. The molecule has 0 spiro atoms. The average Bonchev–Trinajstić information content (AvgIpc) is 2.82. The second-order valence-corrected chi connectivity index (χ2v) is 8.45. The van der Waals surface area contributed by atoms with Crippen molar-refractivity contribution in [3.05, 3.63) is 54.1 Å². The molecule has 0 saturated carbocycles. The summed E-state index contributed by atoms with van der Waals surface area (Å²) in [4.78, 5) is 12.4. The van der Waals surface area contributed by atoms with Gasteiger partial charge < -0.3 is 19.5 Å². The number of amides is 1. The highest BCUT2D eigenvalue weighted by Gasteiger charge is 2.26. The van der Waals surface area contributed by atoms with Crippen LogP contribution in [0, 0.1) is 11.8 Å². The quantitative estimate of drug-likeness (QED) is 0.651. The van der Waals surface area contributed by atoms with E-state index in [9.17, 15) is 13.2 Å². The van der Waals surface area contributed by atoms with E-state index in [0.29, 0.717) is 43.4 Å².